The van der Waals surface area contributed by atoms with Crippen LogP contribution in [-0.2, 0) is 0 Å². The molecule has 0 unspecified atom stereocenters. The third kappa shape index (κ3) is 2.41. The van der Waals surface area contributed by atoms with Gasteiger partial charge in [0, 0.05) is 11.6 Å². The van der Waals surface area contributed by atoms with Gasteiger partial charge in [0.1, 0.15) is 11.9 Å². The van der Waals surface area contributed by atoms with Gasteiger partial charge in [0.15, 0.2) is 0 Å². The summed E-state index contributed by atoms with van der Waals surface area (Å²) in [5.74, 6) is 0.0969. The van der Waals surface area contributed by atoms with Crippen molar-refractivity contribution in [1.29, 1.82) is 0 Å². The van der Waals surface area contributed by atoms with Gasteiger partial charge in [0.25, 0.3) is 0 Å². The largest absolute Gasteiger partial charge is 0.433 e. The Kier molecular flexibility index (Phi) is 3.03. The van der Waals surface area contributed by atoms with E-state index < -0.39 is 4.92 Å². The molecule has 8 nitrogen and oxygen atoms in total. The summed E-state index contributed by atoms with van der Waals surface area (Å²) in [5, 5.41) is 11.7. The topological polar surface area (TPSA) is 117 Å². The average Bonchev–Trinajstić information content (AvgIpc) is 2.47. The molecule has 0 aliphatic heterocycles. The summed E-state index contributed by atoms with van der Waals surface area (Å²) in [4.78, 5) is 21.9. The van der Waals surface area contributed by atoms with Gasteiger partial charge in [-0.1, -0.05) is 6.07 Å². The van der Waals surface area contributed by atoms with Crippen LogP contribution in [0, 0.1) is 10.1 Å². The standard InChI is InChI=1S/C13H9N5O3/c14-13-16-7-10(18(19)20)12(17-13)21-11-5-1-4-9-8(11)3-2-6-15-9/h1-7H,(H2,14,16,17). The van der Waals surface area contributed by atoms with Crippen LogP contribution in [0.4, 0.5) is 11.6 Å². The fourth-order valence-electron chi connectivity index (χ4n) is 1.84. The predicted molar refractivity (Wildman–Crippen MR) is 74.9 cm³/mol. The van der Waals surface area contributed by atoms with Crippen molar-refractivity contribution in [2.75, 3.05) is 5.73 Å². The van der Waals surface area contributed by atoms with Crippen molar-refractivity contribution in [2.45, 2.75) is 0 Å². The molecule has 104 valence electrons. The molecule has 0 bridgehead atoms. The zero-order valence-electron chi connectivity index (χ0n) is 10.6. The summed E-state index contributed by atoms with van der Waals surface area (Å²) >= 11 is 0. The van der Waals surface area contributed by atoms with Crippen molar-refractivity contribution in [2.24, 2.45) is 0 Å². The Bertz CT molecular complexity index is 832. The molecule has 1 aromatic carbocycles. The molecular weight excluding hydrogens is 274 g/mol. The molecule has 0 spiro atoms. The van der Waals surface area contributed by atoms with E-state index in [9.17, 15) is 10.1 Å². The number of fused-ring (bicyclic) bond motifs is 1. The first-order valence-corrected chi connectivity index (χ1v) is 5.93. The lowest BCUT2D eigenvalue weighted by molar-refractivity contribution is -0.386. The number of nitro groups is 1. The van der Waals surface area contributed by atoms with Crippen molar-refractivity contribution >= 4 is 22.5 Å². The monoisotopic (exact) mass is 283 g/mol. The van der Waals surface area contributed by atoms with Crippen LogP contribution in [0.25, 0.3) is 10.9 Å². The van der Waals surface area contributed by atoms with Crippen LogP contribution in [-0.4, -0.2) is 19.9 Å². The summed E-state index contributed by atoms with van der Waals surface area (Å²) < 4.78 is 5.55. The molecule has 0 amide bonds. The van der Waals surface area contributed by atoms with Gasteiger partial charge in [-0.05, 0) is 24.3 Å². The minimum atomic E-state index is -0.627. The summed E-state index contributed by atoms with van der Waals surface area (Å²) in [6.45, 7) is 0. The van der Waals surface area contributed by atoms with Crippen molar-refractivity contribution < 1.29 is 9.66 Å². The number of nitrogens with zero attached hydrogens (tertiary/aromatic N) is 4. The van der Waals surface area contributed by atoms with Crippen LogP contribution < -0.4 is 10.5 Å². The predicted octanol–water partition coefficient (Wildman–Crippen LogP) is 2.31. The minimum Gasteiger partial charge on any atom is -0.433 e. The first kappa shape index (κ1) is 12.7. The van der Waals surface area contributed by atoms with E-state index in [2.05, 4.69) is 15.0 Å². The van der Waals surface area contributed by atoms with Crippen LogP contribution in [0.3, 0.4) is 0 Å². The Hall–Kier alpha value is -3.29. The smallest absolute Gasteiger partial charge is 0.349 e. The Morgan fingerprint density at radius 3 is 2.86 bits per heavy atom. The van der Waals surface area contributed by atoms with E-state index >= 15 is 0 Å². The summed E-state index contributed by atoms with van der Waals surface area (Å²) in [6, 6.07) is 8.77. The van der Waals surface area contributed by atoms with Gasteiger partial charge in [-0.2, -0.15) is 4.98 Å². The molecule has 2 N–H and O–H groups in total. The number of hydrogen-bond acceptors (Lipinski definition) is 7. The van der Waals surface area contributed by atoms with Gasteiger partial charge in [-0.25, -0.2) is 4.98 Å². The number of ether oxygens (including phenoxy) is 1. The fourth-order valence-corrected chi connectivity index (χ4v) is 1.84. The van der Waals surface area contributed by atoms with Crippen LogP contribution >= 0.6 is 0 Å². The van der Waals surface area contributed by atoms with E-state index in [0.717, 1.165) is 6.20 Å². The van der Waals surface area contributed by atoms with E-state index in [1.165, 1.54) is 0 Å². The highest BCUT2D eigenvalue weighted by molar-refractivity contribution is 5.85. The average molecular weight is 283 g/mol. The molecule has 0 fully saturated rings. The Morgan fingerprint density at radius 2 is 2.05 bits per heavy atom. The highest BCUT2D eigenvalue weighted by Gasteiger charge is 2.19. The molecular formula is C13H9N5O3. The zero-order chi connectivity index (χ0) is 14.8. The molecule has 21 heavy (non-hydrogen) atoms. The molecule has 0 saturated carbocycles. The van der Waals surface area contributed by atoms with Crippen LogP contribution in [0.15, 0.2) is 42.7 Å². The second-order valence-electron chi connectivity index (χ2n) is 4.10. The molecule has 0 radical (unpaired) electrons. The Morgan fingerprint density at radius 1 is 1.19 bits per heavy atom. The number of benzene rings is 1. The molecule has 3 aromatic rings. The molecule has 8 heteroatoms. The van der Waals surface area contributed by atoms with Crippen LogP contribution in [0.5, 0.6) is 11.6 Å². The summed E-state index contributed by atoms with van der Waals surface area (Å²) in [7, 11) is 0. The van der Waals surface area contributed by atoms with Crippen LogP contribution in [0.2, 0.25) is 0 Å². The first-order valence-electron chi connectivity index (χ1n) is 5.93. The van der Waals surface area contributed by atoms with Gasteiger partial charge in [-0.3, -0.25) is 15.1 Å². The SMILES string of the molecule is Nc1ncc([N+](=O)[O-])c(Oc2cccc3ncccc23)n1. The van der Waals surface area contributed by atoms with Gasteiger partial charge in [0.2, 0.25) is 5.95 Å². The maximum Gasteiger partial charge on any atom is 0.349 e. The van der Waals surface area contributed by atoms with E-state index in [-0.39, 0.29) is 17.5 Å². The van der Waals surface area contributed by atoms with E-state index in [0.29, 0.717) is 16.7 Å². The normalized spacial score (nSPS) is 10.5. The maximum absolute atomic E-state index is 11.0. The van der Waals surface area contributed by atoms with Crippen LogP contribution in [0.1, 0.15) is 0 Å². The van der Waals surface area contributed by atoms with Crippen molar-refractivity contribution in [1.82, 2.24) is 15.0 Å². The van der Waals surface area contributed by atoms with Gasteiger partial charge in [0.05, 0.1) is 10.4 Å². The highest BCUT2D eigenvalue weighted by atomic mass is 16.6. The maximum atomic E-state index is 11.0. The van der Waals surface area contributed by atoms with E-state index in [4.69, 9.17) is 10.5 Å². The Labute approximate surface area is 118 Å². The second kappa shape index (κ2) is 5.00. The molecule has 0 aliphatic rings. The number of rotatable bonds is 3. The fraction of sp³-hybridized carbons (Fsp3) is 0. The number of nitrogen functional groups attached to an aromatic ring is 1. The third-order valence-electron chi connectivity index (χ3n) is 2.76. The van der Waals surface area contributed by atoms with Gasteiger partial charge < -0.3 is 10.5 Å². The lowest BCUT2D eigenvalue weighted by Crippen LogP contribution is -2.01. The summed E-state index contributed by atoms with van der Waals surface area (Å²) in [6.07, 6.45) is 2.66. The number of anilines is 1. The van der Waals surface area contributed by atoms with E-state index in [1.54, 1.807) is 30.5 Å². The summed E-state index contributed by atoms with van der Waals surface area (Å²) in [5.41, 5.74) is 5.81. The highest BCUT2D eigenvalue weighted by Crippen LogP contribution is 2.32. The lowest BCUT2D eigenvalue weighted by atomic mass is 10.2. The van der Waals surface area contributed by atoms with Gasteiger partial charge in [-0.15, -0.1) is 0 Å². The van der Waals surface area contributed by atoms with E-state index in [1.807, 2.05) is 6.07 Å². The molecule has 3 rings (SSSR count). The number of hydrogen-bond donors (Lipinski definition) is 1. The molecule has 0 aliphatic carbocycles. The van der Waals surface area contributed by atoms with Crippen molar-refractivity contribution in [3.05, 3.63) is 52.8 Å². The van der Waals surface area contributed by atoms with Gasteiger partial charge >= 0.3 is 11.6 Å². The number of aromatic nitrogens is 3. The molecule has 2 heterocycles. The third-order valence-corrected chi connectivity index (χ3v) is 2.76. The minimum absolute atomic E-state index is 0.103. The second-order valence-corrected chi connectivity index (χ2v) is 4.10. The molecule has 0 atom stereocenters. The quantitative estimate of drug-likeness (QED) is 0.578. The number of nitrogens with two attached hydrogens (primary N) is 1. The molecule has 0 saturated heterocycles. The van der Waals surface area contributed by atoms with Crippen molar-refractivity contribution in [3.8, 4) is 11.6 Å². The first-order chi connectivity index (χ1) is 10.1. The zero-order valence-corrected chi connectivity index (χ0v) is 10.6. The number of pyridine rings is 1. The Balaban J connectivity index is 2.11. The van der Waals surface area contributed by atoms with Crippen molar-refractivity contribution in [3.63, 3.8) is 0 Å². The lowest BCUT2D eigenvalue weighted by Gasteiger charge is -2.07. The molecule has 2 aromatic heterocycles.